The summed E-state index contributed by atoms with van der Waals surface area (Å²) in [5.41, 5.74) is 4.94. The molecule has 0 radical (unpaired) electrons. The highest BCUT2D eigenvalue weighted by Crippen LogP contribution is 2.24. The third-order valence-electron chi connectivity index (χ3n) is 4.74. The molecule has 1 fully saturated rings. The molecule has 1 amide bonds. The van der Waals surface area contributed by atoms with Crippen LogP contribution in [0.15, 0.2) is 0 Å². The fourth-order valence-corrected chi connectivity index (χ4v) is 3.17. The number of nitrogens with zero attached hydrogens (tertiary/aromatic N) is 1. The summed E-state index contributed by atoms with van der Waals surface area (Å²) in [7, 11) is 1.80. The van der Waals surface area contributed by atoms with Gasteiger partial charge in [-0.15, -0.1) is 0 Å². The van der Waals surface area contributed by atoms with Gasteiger partial charge in [-0.25, -0.2) is 0 Å². The first-order chi connectivity index (χ1) is 9.85. The molecule has 2 atom stereocenters. The zero-order valence-electron chi connectivity index (χ0n) is 14.2. The van der Waals surface area contributed by atoms with E-state index in [4.69, 9.17) is 10.5 Å². The number of hydrogen-bond acceptors (Lipinski definition) is 4. The molecule has 1 rings (SSSR count). The van der Waals surface area contributed by atoms with Crippen LogP contribution in [0.2, 0.25) is 0 Å². The number of rotatable bonds is 9. The van der Waals surface area contributed by atoms with Crippen LogP contribution in [0.5, 0.6) is 0 Å². The van der Waals surface area contributed by atoms with Gasteiger partial charge < -0.3 is 20.7 Å². The number of nitrogens with one attached hydrogen (secondary N) is 1. The van der Waals surface area contributed by atoms with Gasteiger partial charge in [0.25, 0.3) is 0 Å². The minimum absolute atomic E-state index is 0.00373. The maximum absolute atomic E-state index is 11.6. The first-order valence-electron chi connectivity index (χ1n) is 8.18. The lowest BCUT2D eigenvalue weighted by molar-refractivity contribution is -0.124. The Labute approximate surface area is 129 Å². The van der Waals surface area contributed by atoms with Gasteiger partial charge in [0.15, 0.2) is 0 Å². The number of nitrogens with two attached hydrogens (primary N) is 1. The van der Waals surface area contributed by atoms with Gasteiger partial charge in [-0.1, -0.05) is 6.92 Å². The van der Waals surface area contributed by atoms with Gasteiger partial charge in [-0.05, 0) is 65.6 Å². The summed E-state index contributed by atoms with van der Waals surface area (Å²) in [5, 5.41) is 3.21. The van der Waals surface area contributed by atoms with Crippen LogP contribution in [-0.2, 0) is 9.53 Å². The Morgan fingerprint density at radius 2 is 2.19 bits per heavy atom. The molecule has 2 unspecified atom stereocenters. The number of amides is 1. The molecule has 1 heterocycles. The standard InChI is InChI=1S/C16H33N3O2/c1-5-18-16(3,14(17)20)10-6-7-11-19-12-8-9-15(2,13-19)21-4/h18H,5-13H2,1-4H3,(H2,17,20). The van der Waals surface area contributed by atoms with Crippen LogP contribution in [0.25, 0.3) is 0 Å². The number of likely N-dealkylation sites (N-methyl/N-ethyl adjacent to an activating group) is 1. The molecule has 1 aliphatic heterocycles. The Hall–Kier alpha value is -0.650. The molecular weight excluding hydrogens is 266 g/mol. The zero-order valence-corrected chi connectivity index (χ0v) is 14.2. The van der Waals surface area contributed by atoms with Crippen LogP contribution in [-0.4, -0.2) is 55.2 Å². The largest absolute Gasteiger partial charge is 0.377 e. The van der Waals surface area contributed by atoms with Crippen LogP contribution in [0.1, 0.15) is 52.9 Å². The van der Waals surface area contributed by atoms with Gasteiger partial charge >= 0.3 is 0 Å². The fourth-order valence-electron chi connectivity index (χ4n) is 3.17. The molecule has 0 aromatic carbocycles. The SMILES string of the molecule is CCNC(C)(CCCCN1CCCC(C)(OC)C1)C(N)=O. The molecule has 21 heavy (non-hydrogen) atoms. The number of carbonyl (C=O) groups is 1. The average molecular weight is 299 g/mol. The maximum atomic E-state index is 11.6. The van der Waals surface area contributed by atoms with Crippen LogP contribution in [0, 0.1) is 0 Å². The van der Waals surface area contributed by atoms with E-state index >= 15 is 0 Å². The van der Waals surface area contributed by atoms with Crippen LogP contribution < -0.4 is 11.1 Å². The number of primary amides is 1. The summed E-state index contributed by atoms with van der Waals surface area (Å²) in [4.78, 5) is 14.0. The highest BCUT2D eigenvalue weighted by atomic mass is 16.5. The number of ether oxygens (including phenoxy) is 1. The Balaban J connectivity index is 2.31. The van der Waals surface area contributed by atoms with Crippen molar-refractivity contribution in [1.29, 1.82) is 0 Å². The number of hydrogen-bond donors (Lipinski definition) is 2. The van der Waals surface area contributed by atoms with Crippen molar-refractivity contribution in [1.82, 2.24) is 10.2 Å². The Morgan fingerprint density at radius 3 is 2.76 bits per heavy atom. The lowest BCUT2D eigenvalue weighted by Crippen LogP contribution is -2.53. The second kappa shape index (κ2) is 8.11. The third-order valence-corrected chi connectivity index (χ3v) is 4.74. The van der Waals surface area contributed by atoms with Gasteiger partial charge in [-0.2, -0.15) is 0 Å². The molecule has 0 spiro atoms. The molecule has 0 saturated carbocycles. The highest BCUT2D eigenvalue weighted by Gasteiger charge is 2.31. The molecule has 5 heteroatoms. The molecule has 0 aromatic heterocycles. The van der Waals surface area contributed by atoms with E-state index in [2.05, 4.69) is 17.1 Å². The molecule has 1 saturated heterocycles. The van der Waals surface area contributed by atoms with Crippen molar-refractivity contribution >= 4 is 5.91 Å². The first-order valence-corrected chi connectivity index (χ1v) is 8.18. The van der Waals surface area contributed by atoms with Crippen molar-refractivity contribution in [3.63, 3.8) is 0 Å². The lowest BCUT2D eigenvalue weighted by Gasteiger charge is -2.39. The third kappa shape index (κ3) is 5.57. The molecule has 1 aliphatic rings. The fraction of sp³-hybridized carbons (Fsp3) is 0.938. The molecule has 0 aliphatic carbocycles. The van der Waals surface area contributed by atoms with E-state index in [1.54, 1.807) is 7.11 Å². The second-order valence-electron chi connectivity index (χ2n) is 6.72. The Morgan fingerprint density at radius 1 is 1.48 bits per heavy atom. The topological polar surface area (TPSA) is 67.6 Å². The van der Waals surface area contributed by atoms with Crippen LogP contribution in [0.3, 0.4) is 0 Å². The predicted molar refractivity (Wildman–Crippen MR) is 86.2 cm³/mol. The molecular formula is C16H33N3O2. The van der Waals surface area contributed by atoms with E-state index in [0.717, 1.165) is 51.9 Å². The van der Waals surface area contributed by atoms with Crippen LogP contribution >= 0.6 is 0 Å². The second-order valence-corrected chi connectivity index (χ2v) is 6.72. The quantitative estimate of drug-likeness (QED) is 0.633. The minimum atomic E-state index is -0.572. The summed E-state index contributed by atoms with van der Waals surface area (Å²) in [5.74, 6) is -0.255. The predicted octanol–water partition coefficient (Wildman–Crippen LogP) is 1.51. The lowest BCUT2D eigenvalue weighted by atomic mass is 9.92. The van der Waals surface area contributed by atoms with E-state index in [0.29, 0.717) is 0 Å². The Bertz CT molecular complexity index is 337. The number of piperidine rings is 1. The van der Waals surface area contributed by atoms with Crippen molar-refractivity contribution in [3.05, 3.63) is 0 Å². The van der Waals surface area contributed by atoms with E-state index < -0.39 is 5.54 Å². The normalized spacial score (nSPS) is 26.5. The molecule has 0 bridgehead atoms. The number of likely N-dealkylation sites (tertiary alicyclic amines) is 1. The van der Waals surface area contributed by atoms with E-state index in [-0.39, 0.29) is 11.5 Å². The number of unbranched alkanes of at least 4 members (excludes halogenated alkanes) is 1. The van der Waals surface area contributed by atoms with Gasteiger partial charge in [-0.3, -0.25) is 4.79 Å². The van der Waals surface area contributed by atoms with E-state index in [9.17, 15) is 4.79 Å². The average Bonchev–Trinajstić information content (AvgIpc) is 2.44. The summed E-state index contributed by atoms with van der Waals surface area (Å²) in [6, 6.07) is 0. The summed E-state index contributed by atoms with van der Waals surface area (Å²) < 4.78 is 5.62. The van der Waals surface area contributed by atoms with Gasteiger partial charge in [0.1, 0.15) is 0 Å². The highest BCUT2D eigenvalue weighted by molar-refractivity contribution is 5.84. The van der Waals surface area contributed by atoms with Gasteiger partial charge in [0, 0.05) is 13.7 Å². The number of carbonyl (C=O) groups excluding carboxylic acids is 1. The van der Waals surface area contributed by atoms with Crippen molar-refractivity contribution in [2.45, 2.75) is 64.0 Å². The van der Waals surface area contributed by atoms with Gasteiger partial charge in [0.05, 0.1) is 11.1 Å². The van der Waals surface area contributed by atoms with Crippen molar-refractivity contribution in [3.8, 4) is 0 Å². The molecule has 3 N–H and O–H groups in total. The van der Waals surface area contributed by atoms with E-state index in [1.165, 1.54) is 6.42 Å². The zero-order chi connectivity index (χ0) is 15.9. The molecule has 124 valence electrons. The van der Waals surface area contributed by atoms with Crippen molar-refractivity contribution in [2.24, 2.45) is 5.73 Å². The smallest absolute Gasteiger partial charge is 0.237 e. The van der Waals surface area contributed by atoms with Crippen molar-refractivity contribution < 1.29 is 9.53 Å². The number of methoxy groups -OCH3 is 1. The summed E-state index contributed by atoms with van der Waals surface area (Å²) in [6.07, 6.45) is 5.23. The van der Waals surface area contributed by atoms with Crippen LogP contribution in [0.4, 0.5) is 0 Å². The first kappa shape index (κ1) is 18.4. The summed E-state index contributed by atoms with van der Waals surface area (Å²) >= 11 is 0. The monoisotopic (exact) mass is 299 g/mol. The summed E-state index contributed by atoms with van der Waals surface area (Å²) in [6.45, 7) is 10.1. The van der Waals surface area contributed by atoms with Crippen molar-refractivity contribution in [2.75, 3.05) is 33.3 Å². The maximum Gasteiger partial charge on any atom is 0.237 e. The molecule has 5 nitrogen and oxygen atoms in total. The van der Waals surface area contributed by atoms with E-state index in [1.807, 2.05) is 13.8 Å². The molecule has 0 aromatic rings. The van der Waals surface area contributed by atoms with Gasteiger partial charge in [0.2, 0.25) is 5.91 Å². The Kier molecular flexibility index (Phi) is 7.10. The minimum Gasteiger partial charge on any atom is -0.377 e.